The quantitative estimate of drug-likeness (QED) is 0.780. The fourth-order valence-corrected chi connectivity index (χ4v) is 2.52. The van der Waals surface area contributed by atoms with E-state index in [2.05, 4.69) is 62.5 Å². The third-order valence-electron chi connectivity index (χ3n) is 3.60. The van der Waals surface area contributed by atoms with Gasteiger partial charge in [-0.05, 0) is 54.2 Å². The average Bonchev–Trinajstić information content (AvgIpc) is 2.47. The van der Waals surface area contributed by atoms with Crippen molar-refractivity contribution in [3.05, 3.63) is 59.2 Å². The Morgan fingerprint density at radius 2 is 1.58 bits per heavy atom. The smallest absolute Gasteiger partial charge is 0.0422 e. The van der Waals surface area contributed by atoms with Crippen molar-refractivity contribution in [1.29, 1.82) is 0 Å². The van der Waals surface area contributed by atoms with Crippen LogP contribution in [-0.2, 0) is 19.3 Å². The highest BCUT2D eigenvalue weighted by molar-refractivity contribution is 5.66. The van der Waals surface area contributed by atoms with E-state index in [1.165, 1.54) is 22.4 Å². The minimum absolute atomic E-state index is 1.07. The number of rotatable bonds is 5. The van der Waals surface area contributed by atoms with Crippen LogP contribution in [0, 0.1) is 0 Å². The van der Waals surface area contributed by atoms with E-state index in [1.54, 1.807) is 0 Å². The second kappa shape index (κ2) is 6.42. The monoisotopic (exact) mass is 253 g/mol. The largest absolute Gasteiger partial charge is 0.355 e. The number of nitrogens with one attached hydrogen (secondary N) is 1. The minimum atomic E-state index is 1.07. The van der Waals surface area contributed by atoms with E-state index in [1.807, 2.05) is 6.07 Å². The van der Waals surface area contributed by atoms with Gasteiger partial charge in [0.2, 0.25) is 0 Å². The minimum Gasteiger partial charge on any atom is -0.355 e. The van der Waals surface area contributed by atoms with Crippen LogP contribution in [0.15, 0.2) is 42.5 Å². The molecule has 0 saturated carbocycles. The Kier molecular flexibility index (Phi) is 4.62. The normalized spacial score (nSPS) is 10.5. The average molecular weight is 253 g/mol. The van der Waals surface area contributed by atoms with E-state index in [0.29, 0.717) is 0 Å². The molecule has 0 aromatic heterocycles. The van der Waals surface area contributed by atoms with Gasteiger partial charge in [-0.15, -0.1) is 0 Å². The molecule has 2 aromatic rings. The van der Waals surface area contributed by atoms with Crippen molar-refractivity contribution in [2.45, 2.75) is 40.0 Å². The second-order valence-electron chi connectivity index (χ2n) is 4.83. The number of hydrogen-bond acceptors (Lipinski definition) is 1. The summed E-state index contributed by atoms with van der Waals surface area (Å²) in [6.45, 7) is 6.68. The van der Waals surface area contributed by atoms with E-state index in [4.69, 9.17) is 0 Å². The fraction of sp³-hybridized carbons (Fsp3) is 0.333. The van der Waals surface area contributed by atoms with Crippen LogP contribution in [0.3, 0.4) is 0 Å². The van der Waals surface area contributed by atoms with Gasteiger partial charge in [-0.3, -0.25) is 0 Å². The predicted octanol–water partition coefficient (Wildman–Crippen LogP) is 5.12. The van der Waals surface area contributed by atoms with Gasteiger partial charge in [0, 0.05) is 11.4 Å². The third kappa shape index (κ3) is 3.17. The molecule has 2 rings (SSSR count). The van der Waals surface area contributed by atoms with E-state index in [9.17, 15) is 0 Å². The maximum Gasteiger partial charge on any atom is 0.0422 e. The standard InChI is InChI=1S/C18H23N/c1-4-14-12-15(5-2)17(6-3)18(13-14)19-16-10-8-7-9-11-16/h7-13,19H,4-6H2,1-3H3. The predicted molar refractivity (Wildman–Crippen MR) is 84.3 cm³/mol. The summed E-state index contributed by atoms with van der Waals surface area (Å²) in [7, 11) is 0. The highest BCUT2D eigenvalue weighted by Crippen LogP contribution is 2.27. The summed E-state index contributed by atoms with van der Waals surface area (Å²) in [6, 6.07) is 15.1. The Morgan fingerprint density at radius 1 is 0.842 bits per heavy atom. The van der Waals surface area contributed by atoms with Crippen molar-refractivity contribution in [2.24, 2.45) is 0 Å². The summed E-state index contributed by atoms with van der Waals surface area (Å²) in [4.78, 5) is 0. The van der Waals surface area contributed by atoms with Gasteiger partial charge in [0.15, 0.2) is 0 Å². The van der Waals surface area contributed by atoms with Crippen molar-refractivity contribution in [1.82, 2.24) is 0 Å². The maximum absolute atomic E-state index is 3.57. The van der Waals surface area contributed by atoms with Crippen LogP contribution in [0.25, 0.3) is 0 Å². The number of benzene rings is 2. The van der Waals surface area contributed by atoms with Gasteiger partial charge in [0.25, 0.3) is 0 Å². The highest BCUT2D eigenvalue weighted by Gasteiger charge is 2.08. The Labute approximate surface area is 116 Å². The van der Waals surface area contributed by atoms with Gasteiger partial charge in [0.1, 0.15) is 0 Å². The summed E-state index contributed by atoms with van der Waals surface area (Å²) < 4.78 is 0. The summed E-state index contributed by atoms with van der Waals surface area (Å²) in [5.41, 5.74) is 6.76. The van der Waals surface area contributed by atoms with Crippen LogP contribution < -0.4 is 5.32 Å². The van der Waals surface area contributed by atoms with E-state index in [-0.39, 0.29) is 0 Å². The first-order chi connectivity index (χ1) is 9.28. The number of hydrogen-bond donors (Lipinski definition) is 1. The number of aryl methyl sites for hydroxylation is 2. The number of anilines is 2. The van der Waals surface area contributed by atoms with Crippen molar-refractivity contribution >= 4 is 11.4 Å². The van der Waals surface area contributed by atoms with Crippen LogP contribution in [0.2, 0.25) is 0 Å². The van der Waals surface area contributed by atoms with E-state index in [0.717, 1.165) is 24.9 Å². The molecule has 1 heteroatoms. The molecule has 0 bridgehead atoms. The molecular formula is C18H23N. The van der Waals surface area contributed by atoms with Crippen molar-refractivity contribution < 1.29 is 0 Å². The summed E-state index contributed by atoms with van der Waals surface area (Å²) in [5, 5.41) is 3.57. The molecule has 0 heterocycles. The van der Waals surface area contributed by atoms with Gasteiger partial charge < -0.3 is 5.32 Å². The molecule has 0 aliphatic carbocycles. The SMILES string of the molecule is CCc1cc(CC)c(CC)c(Nc2ccccc2)c1. The molecule has 0 atom stereocenters. The second-order valence-corrected chi connectivity index (χ2v) is 4.83. The third-order valence-corrected chi connectivity index (χ3v) is 3.60. The van der Waals surface area contributed by atoms with Crippen LogP contribution >= 0.6 is 0 Å². The molecule has 19 heavy (non-hydrogen) atoms. The molecule has 0 saturated heterocycles. The molecule has 1 nitrogen and oxygen atoms in total. The molecule has 0 amide bonds. The first-order valence-electron chi connectivity index (χ1n) is 7.25. The Hall–Kier alpha value is -1.76. The lowest BCUT2D eigenvalue weighted by molar-refractivity contribution is 1.02. The Morgan fingerprint density at radius 3 is 2.16 bits per heavy atom. The van der Waals surface area contributed by atoms with Gasteiger partial charge in [-0.25, -0.2) is 0 Å². The van der Waals surface area contributed by atoms with Crippen molar-refractivity contribution in [3.8, 4) is 0 Å². The molecule has 1 N–H and O–H groups in total. The molecule has 0 unspecified atom stereocenters. The summed E-state index contributed by atoms with van der Waals surface area (Å²) >= 11 is 0. The first-order valence-corrected chi connectivity index (χ1v) is 7.25. The zero-order valence-corrected chi connectivity index (χ0v) is 12.2. The van der Waals surface area contributed by atoms with E-state index < -0.39 is 0 Å². The molecule has 100 valence electrons. The molecule has 2 aromatic carbocycles. The van der Waals surface area contributed by atoms with Crippen LogP contribution in [-0.4, -0.2) is 0 Å². The Balaban J connectivity index is 2.42. The zero-order chi connectivity index (χ0) is 13.7. The van der Waals surface area contributed by atoms with Gasteiger partial charge in [-0.2, -0.15) is 0 Å². The molecule has 0 radical (unpaired) electrons. The summed E-state index contributed by atoms with van der Waals surface area (Å²) in [6.07, 6.45) is 3.25. The highest BCUT2D eigenvalue weighted by atomic mass is 14.9. The topological polar surface area (TPSA) is 12.0 Å². The fourth-order valence-electron chi connectivity index (χ4n) is 2.52. The van der Waals surface area contributed by atoms with Gasteiger partial charge in [0.05, 0.1) is 0 Å². The number of para-hydroxylation sites is 1. The maximum atomic E-state index is 3.57. The lowest BCUT2D eigenvalue weighted by Crippen LogP contribution is -2.01. The first kappa shape index (κ1) is 13.7. The summed E-state index contributed by atoms with van der Waals surface area (Å²) in [5.74, 6) is 0. The lowest BCUT2D eigenvalue weighted by atomic mass is 9.96. The molecule has 0 aliphatic rings. The molecule has 0 spiro atoms. The van der Waals surface area contributed by atoms with Crippen LogP contribution in [0.1, 0.15) is 37.5 Å². The van der Waals surface area contributed by atoms with Gasteiger partial charge >= 0.3 is 0 Å². The van der Waals surface area contributed by atoms with E-state index >= 15 is 0 Å². The van der Waals surface area contributed by atoms with Gasteiger partial charge in [-0.1, -0.05) is 45.0 Å². The Bertz CT molecular complexity index is 529. The molecule has 0 aliphatic heterocycles. The molecule has 0 fully saturated rings. The zero-order valence-electron chi connectivity index (χ0n) is 12.2. The molecular weight excluding hydrogens is 230 g/mol. The van der Waals surface area contributed by atoms with Crippen molar-refractivity contribution in [3.63, 3.8) is 0 Å². The van der Waals surface area contributed by atoms with Crippen molar-refractivity contribution in [2.75, 3.05) is 5.32 Å². The lowest BCUT2D eigenvalue weighted by Gasteiger charge is -2.16. The van der Waals surface area contributed by atoms with Crippen LogP contribution in [0.4, 0.5) is 11.4 Å². The van der Waals surface area contributed by atoms with Crippen LogP contribution in [0.5, 0.6) is 0 Å².